The number of hydrogen-bond donors (Lipinski definition) is 2. The van der Waals surface area contributed by atoms with Crippen molar-refractivity contribution in [2.24, 2.45) is 0 Å². The zero-order chi connectivity index (χ0) is 18.5. The molecule has 1 aliphatic heterocycles. The molecule has 2 atom stereocenters. The predicted octanol–water partition coefficient (Wildman–Crippen LogP) is 3.07. The average molecular weight is 375 g/mol. The van der Waals surface area contributed by atoms with Crippen LogP contribution in [0, 0.1) is 0 Å². The smallest absolute Gasteiger partial charge is 0.321 e. The fourth-order valence-corrected chi connectivity index (χ4v) is 3.93. The Kier molecular flexibility index (Phi) is 5.90. The Balaban J connectivity index is 1.63. The lowest BCUT2D eigenvalue weighted by molar-refractivity contribution is -0.138. The van der Waals surface area contributed by atoms with Crippen molar-refractivity contribution in [3.8, 4) is 17.2 Å². The van der Waals surface area contributed by atoms with E-state index in [0.29, 0.717) is 12.4 Å². The van der Waals surface area contributed by atoms with Gasteiger partial charge in [-0.3, -0.25) is 10.1 Å². The van der Waals surface area contributed by atoms with Crippen LogP contribution >= 0.6 is 11.8 Å². The van der Waals surface area contributed by atoms with Gasteiger partial charge >= 0.3 is 5.97 Å². The summed E-state index contributed by atoms with van der Waals surface area (Å²) >= 11 is 1.59. The maximum absolute atomic E-state index is 11.0. The first kappa shape index (κ1) is 18.4. The van der Waals surface area contributed by atoms with Crippen LogP contribution in [-0.2, 0) is 11.4 Å². The highest BCUT2D eigenvalue weighted by atomic mass is 32.2. The second-order valence-corrected chi connectivity index (χ2v) is 6.94. The summed E-state index contributed by atoms with van der Waals surface area (Å²) in [5.41, 5.74) is 1.93. The van der Waals surface area contributed by atoms with E-state index in [4.69, 9.17) is 19.3 Å². The summed E-state index contributed by atoms with van der Waals surface area (Å²) in [5, 5.41) is 12.2. The molecule has 26 heavy (non-hydrogen) atoms. The van der Waals surface area contributed by atoms with E-state index in [1.54, 1.807) is 26.0 Å². The lowest BCUT2D eigenvalue weighted by Gasteiger charge is -2.14. The van der Waals surface area contributed by atoms with Crippen molar-refractivity contribution in [3.63, 3.8) is 0 Å². The van der Waals surface area contributed by atoms with E-state index in [1.807, 2.05) is 42.5 Å². The van der Waals surface area contributed by atoms with Gasteiger partial charge in [-0.1, -0.05) is 12.1 Å². The minimum absolute atomic E-state index is 0.0105. The standard InChI is InChI=1S/C19H21NO5S/c1-23-15-7-8-17(24-2)13(9-15)10-25-14-5-3-12(4-6-14)18-20-16(11-26-18)19(21)22/h3-9,16,18,20H,10-11H2,1-2H3,(H,21,22)/t16-,18-/m1/s1. The molecule has 2 N–H and O–H groups in total. The summed E-state index contributed by atoms with van der Waals surface area (Å²) < 4.78 is 16.5. The summed E-state index contributed by atoms with van der Waals surface area (Å²) in [6.07, 6.45) is 0. The molecule has 1 aliphatic rings. The van der Waals surface area contributed by atoms with Crippen LogP contribution < -0.4 is 19.5 Å². The van der Waals surface area contributed by atoms with Gasteiger partial charge in [0.15, 0.2) is 0 Å². The molecule has 1 heterocycles. The van der Waals surface area contributed by atoms with Gasteiger partial charge in [0.05, 0.1) is 19.6 Å². The SMILES string of the molecule is COc1ccc(OC)c(COc2ccc([C@@H]3N[C@@H](C(=O)O)CS3)cc2)c1. The third-order valence-corrected chi connectivity index (χ3v) is 5.41. The summed E-state index contributed by atoms with van der Waals surface area (Å²) in [5.74, 6) is 1.97. The number of benzene rings is 2. The lowest BCUT2D eigenvalue weighted by atomic mass is 10.2. The first-order valence-corrected chi connectivity index (χ1v) is 9.19. The molecule has 6 nitrogen and oxygen atoms in total. The second-order valence-electron chi connectivity index (χ2n) is 5.81. The summed E-state index contributed by atoms with van der Waals surface area (Å²) in [4.78, 5) is 11.0. The van der Waals surface area contributed by atoms with Crippen molar-refractivity contribution in [2.45, 2.75) is 18.0 Å². The number of hydrogen-bond acceptors (Lipinski definition) is 6. The number of thioether (sulfide) groups is 1. The minimum Gasteiger partial charge on any atom is -0.497 e. The largest absolute Gasteiger partial charge is 0.497 e. The number of ether oxygens (including phenoxy) is 3. The third-order valence-electron chi connectivity index (χ3n) is 4.14. The van der Waals surface area contributed by atoms with E-state index < -0.39 is 12.0 Å². The van der Waals surface area contributed by atoms with Gasteiger partial charge in [0.1, 0.15) is 29.9 Å². The highest BCUT2D eigenvalue weighted by Crippen LogP contribution is 2.33. The van der Waals surface area contributed by atoms with Gasteiger partial charge in [0.2, 0.25) is 0 Å². The van der Waals surface area contributed by atoms with Crippen LogP contribution in [0.2, 0.25) is 0 Å². The maximum atomic E-state index is 11.0. The van der Waals surface area contributed by atoms with Crippen LogP contribution in [0.1, 0.15) is 16.5 Å². The van der Waals surface area contributed by atoms with E-state index >= 15 is 0 Å². The number of nitrogens with one attached hydrogen (secondary N) is 1. The molecule has 0 amide bonds. The molecule has 0 bridgehead atoms. The summed E-state index contributed by atoms with van der Waals surface area (Å²) in [7, 11) is 3.24. The highest BCUT2D eigenvalue weighted by Gasteiger charge is 2.30. The third kappa shape index (κ3) is 4.23. The van der Waals surface area contributed by atoms with Gasteiger partial charge < -0.3 is 19.3 Å². The normalized spacial score (nSPS) is 19.2. The number of aliphatic carboxylic acids is 1. The second kappa shape index (κ2) is 8.33. The Hall–Kier alpha value is -2.38. The number of carboxylic acids is 1. The van der Waals surface area contributed by atoms with Crippen molar-refractivity contribution in [2.75, 3.05) is 20.0 Å². The number of rotatable bonds is 7. The van der Waals surface area contributed by atoms with Crippen LogP contribution in [0.4, 0.5) is 0 Å². The van der Waals surface area contributed by atoms with Crippen LogP contribution in [0.5, 0.6) is 17.2 Å². The van der Waals surface area contributed by atoms with E-state index in [2.05, 4.69) is 5.32 Å². The van der Waals surface area contributed by atoms with Crippen molar-refractivity contribution in [1.82, 2.24) is 5.32 Å². The van der Waals surface area contributed by atoms with E-state index in [9.17, 15) is 4.79 Å². The van der Waals surface area contributed by atoms with Gasteiger partial charge in [0.25, 0.3) is 0 Å². The molecular weight excluding hydrogens is 354 g/mol. The molecule has 0 spiro atoms. The molecule has 1 fully saturated rings. The van der Waals surface area contributed by atoms with Gasteiger partial charge in [-0.2, -0.15) is 0 Å². The molecular formula is C19H21NO5S. The predicted molar refractivity (Wildman–Crippen MR) is 100 cm³/mol. The molecule has 0 saturated carbocycles. The fourth-order valence-electron chi connectivity index (χ4n) is 2.70. The van der Waals surface area contributed by atoms with E-state index in [0.717, 1.165) is 28.4 Å². The van der Waals surface area contributed by atoms with Crippen LogP contribution in [0.25, 0.3) is 0 Å². The van der Waals surface area contributed by atoms with Crippen molar-refractivity contribution in [1.29, 1.82) is 0 Å². The topological polar surface area (TPSA) is 77.0 Å². The Labute approximate surface area is 156 Å². The Morgan fingerprint density at radius 2 is 1.88 bits per heavy atom. The van der Waals surface area contributed by atoms with Crippen molar-refractivity contribution < 1.29 is 24.1 Å². The number of carbonyl (C=O) groups is 1. The molecule has 2 aromatic carbocycles. The summed E-state index contributed by atoms with van der Waals surface area (Å²) in [6, 6.07) is 12.8. The monoisotopic (exact) mass is 375 g/mol. The molecule has 0 unspecified atom stereocenters. The molecule has 7 heteroatoms. The number of methoxy groups -OCH3 is 2. The van der Waals surface area contributed by atoms with Gasteiger partial charge in [-0.25, -0.2) is 0 Å². The zero-order valence-corrected chi connectivity index (χ0v) is 15.4. The minimum atomic E-state index is -0.813. The van der Waals surface area contributed by atoms with E-state index in [-0.39, 0.29) is 5.37 Å². The van der Waals surface area contributed by atoms with Crippen molar-refractivity contribution >= 4 is 17.7 Å². The maximum Gasteiger partial charge on any atom is 0.321 e. The molecule has 0 aromatic heterocycles. The molecule has 0 radical (unpaired) electrons. The van der Waals surface area contributed by atoms with Crippen LogP contribution in [0.3, 0.4) is 0 Å². The zero-order valence-electron chi connectivity index (χ0n) is 14.6. The van der Waals surface area contributed by atoms with Gasteiger partial charge in [-0.15, -0.1) is 11.8 Å². The lowest BCUT2D eigenvalue weighted by Crippen LogP contribution is -2.33. The Bertz CT molecular complexity index is 765. The molecule has 3 rings (SSSR count). The van der Waals surface area contributed by atoms with E-state index in [1.165, 1.54) is 0 Å². The first-order valence-electron chi connectivity index (χ1n) is 8.15. The summed E-state index contributed by atoms with van der Waals surface area (Å²) in [6.45, 7) is 0.358. The highest BCUT2D eigenvalue weighted by molar-refractivity contribution is 7.99. The molecule has 0 aliphatic carbocycles. The Morgan fingerprint density at radius 3 is 2.50 bits per heavy atom. The van der Waals surface area contributed by atoms with Gasteiger partial charge in [0, 0.05) is 11.3 Å². The van der Waals surface area contributed by atoms with Crippen molar-refractivity contribution in [3.05, 3.63) is 53.6 Å². The molecule has 1 saturated heterocycles. The first-order chi connectivity index (χ1) is 12.6. The molecule has 138 valence electrons. The van der Waals surface area contributed by atoms with Gasteiger partial charge in [-0.05, 0) is 35.9 Å². The van der Waals surface area contributed by atoms with Crippen LogP contribution in [-0.4, -0.2) is 37.1 Å². The van der Waals surface area contributed by atoms with Crippen LogP contribution in [0.15, 0.2) is 42.5 Å². The quantitative estimate of drug-likeness (QED) is 0.770. The number of carboxylic acid groups (broad SMARTS) is 1. The average Bonchev–Trinajstić information content (AvgIpc) is 3.17. The Morgan fingerprint density at radius 1 is 1.15 bits per heavy atom. The molecule has 2 aromatic rings. The fraction of sp³-hybridized carbons (Fsp3) is 0.316.